The zero-order valence-corrected chi connectivity index (χ0v) is 21.3. The molecule has 9 heteroatoms. The molecule has 0 bridgehead atoms. The molecule has 3 fully saturated rings. The first-order valence-electron chi connectivity index (χ1n) is 13.0. The molecule has 1 aliphatic heterocycles. The van der Waals surface area contributed by atoms with E-state index in [9.17, 15) is 15.2 Å². The van der Waals surface area contributed by atoms with Gasteiger partial charge in [-0.3, -0.25) is 4.79 Å². The van der Waals surface area contributed by atoms with Crippen molar-refractivity contribution < 1.29 is 14.6 Å². The van der Waals surface area contributed by atoms with Gasteiger partial charge in [0, 0.05) is 25.3 Å². The fourth-order valence-corrected chi connectivity index (χ4v) is 6.91. The number of halogens is 1. The zero-order valence-electron chi connectivity index (χ0n) is 20.5. The Balaban J connectivity index is 1.48. The SMILES string of the molecule is N#C[C@]1(OC2(c3cc(N4CCC5(CC4)CC(CO)C5)nnc3C(N)=O)CCCCC2)C=CC=CC1Cl. The first-order chi connectivity index (χ1) is 17.3. The van der Waals surface area contributed by atoms with Gasteiger partial charge in [-0.05, 0) is 62.0 Å². The standard InChI is InChI=1S/C27H34ClN5O3/c28-21-6-2-5-9-27(21,18-29)36-26(7-3-1-4-8-26)20-14-22(31-32-23(20)24(30)35)33-12-10-25(11-13-33)15-19(16-25)17-34/h2,5-6,9,14,19,21,34H,1,3-4,7-8,10-13,15-17H2,(H2,30,35)/t21?,27-/m1/s1. The number of amides is 1. The normalized spacial score (nSPS) is 29.0. The summed E-state index contributed by atoms with van der Waals surface area (Å²) in [4.78, 5) is 14.7. The lowest BCUT2D eigenvalue weighted by molar-refractivity contribution is -0.131. The van der Waals surface area contributed by atoms with E-state index in [0.29, 0.717) is 35.6 Å². The van der Waals surface area contributed by atoms with E-state index in [1.165, 1.54) is 0 Å². The molecule has 2 saturated carbocycles. The summed E-state index contributed by atoms with van der Waals surface area (Å²) >= 11 is 6.60. The predicted octanol–water partition coefficient (Wildman–Crippen LogP) is 3.74. The number of carbonyl (C=O) groups excluding carboxylic acids is 1. The van der Waals surface area contributed by atoms with Gasteiger partial charge in [0.2, 0.25) is 0 Å². The van der Waals surface area contributed by atoms with Gasteiger partial charge >= 0.3 is 0 Å². The molecule has 5 rings (SSSR count). The lowest BCUT2D eigenvalue weighted by atomic mass is 9.58. The summed E-state index contributed by atoms with van der Waals surface area (Å²) in [5, 5.41) is 27.6. The summed E-state index contributed by atoms with van der Waals surface area (Å²) in [6.45, 7) is 1.96. The lowest BCUT2D eigenvalue weighted by Crippen LogP contribution is -2.49. The number of rotatable bonds is 6. The monoisotopic (exact) mass is 511 g/mol. The number of piperidine rings is 1. The Bertz CT molecular complexity index is 1090. The largest absolute Gasteiger partial charge is 0.396 e. The fraction of sp³-hybridized carbons (Fsp3) is 0.630. The highest BCUT2D eigenvalue weighted by molar-refractivity contribution is 6.23. The third kappa shape index (κ3) is 4.42. The minimum atomic E-state index is -1.36. The molecule has 3 N–H and O–H groups in total. The molecule has 0 aromatic carbocycles. The number of nitrogens with zero attached hydrogens (tertiary/aromatic N) is 4. The Morgan fingerprint density at radius 1 is 1.19 bits per heavy atom. The van der Waals surface area contributed by atoms with Crippen LogP contribution in [0, 0.1) is 22.7 Å². The first kappa shape index (κ1) is 25.2. The summed E-state index contributed by atoms with van der Waals surface area (Å²) in [5.41, 5.74) is 4.51. The quantitative estimate of drug-likeness (QED) is 0.557. The zero-order chi connectivity index (χ0) is 25.4. The molecule has 3 aliphatic carbocycles. The van der Waals surface area contributed by atoms with E-state index in [-0.39, 0.29) is 12.3 Å². The van der Waals surface area contributed by atoms with Gasteiger partial charge in [0.1, 0.15) is 6.07 Å². The summed E-state index contributed by atoms with van der Waals surface area (Å²) in [7, 11) is 0. The number of alkyl halides is 1. The van der Waals surface area contributed by atoms with Gasteiger partial charge in [-0.25, -0.2) is 0 Å². The van der Waals surface area contributed by atoms with Gasteiger partial charge in [0.25, 0.3) is 5.91 Å². The van der Waals surface area contributed by atoms with Crippen LogP contribution in [0.5, 0.6) is 0 Å². The second kappa shape index (κ2) is 9.77. The van der Waals surface area contributed by atoms with E-state index in [0.717, 1.165) is 58.0 Å². The molecule has 2 atom stereocenters. The molecular formula is C27H34ClN5O3. The maximum absolute atomic E-state index is 12.5. The van der Waals surface area contributed by atoms with Crippen LogP contribution in [-0.4, -0.2) is 51.9 Å². The van der Waals surface area contributed by atoms with Crippen LogP contribution in [0.4, 0.5) is 5.82 Å². The Kier molecular flexibility index (Phi) is 6.84. The Labute approximate surface area is 217 Å². The van der Waals surface area contributed by atoms with Crippen molar-refractivity contribution in [2.75, 3.05) is 24.6 Å². The highest BCUT2D eigenvalue weighted by Gasteiger charge is 2.49. The molecule has 1 unspecified atom stereocenters. The van der Waals surface area contributed by atoms with E-state index in [1.807, 2.05) is 6.07 Å². The van der Waals surface area contributed by atoms with Gasteiger partial charge in [-0.2, -0.15) is 5.26 Å². The number of hydrogen-bond donors (Lipinski definition) is 2. The second-order valence-corrected chi connectivity index (χ2v) is 11.5. The number of primary amides is 1. The minimum Gasteiger partial charge on any atom is -0.396 e. The van der Waals surface area contributed by atoms with Gasteiger partial charge in [-0.15, -0.1) is 21.8 Å². The van der Waals surface area contributed by atoms with Crippen molar-refractivity contribution in [2.45, 2.75) is 74.4 Å². The molecule has 36 heavy (non-hydrogen) atoms. The van der Waals surface area contributed by atoms with Gasteiger partial charge in [0.05, 0.1) is 11.0 Å². The van der Waals surface area contributed by atoms with Crippen LogP contribution < -0.4 is 10.6 Å². The average Bonchev–Trinajstić information content (AvgIpc) is 2.89. The average molecular weight is 512 g/mol. The number of nitrogens with two attached hydrogens (primary N) is 1. The number of carbonyl (C=O) groups is 1. The second-order valence-electron chi connectivity index (χ2n) is 11.0. The van der Waals surface area contributed by atoms with Crippen LogP contribution in [0.25, 0.3) is 0 Å². The molecule has 8 nitrogen and oxygen atoms in total. The van der Waals surface area contributed by atoms with Gasteiger partial charge in [0.15, 0.2) is 17.1 Å². The number of aliphatic hydroxyl groups is 1. The summed E-state index contributed by atoms with van der Waals surface area (Å²) in [6, 6.07) is 4.20. The van der Waals surface area contributed by atoms with Crippen LogP contribution in [0.15, 0.2) is 30.4 Å². The molecule has 1 amide bonds. The molecule has 0 radical (unpaired) electrons. The highest BCUT2D eigenvalue weighted by Crippen LogP contribution is 2.53. The molecule has 192 valence electrons. The van der Waals surface area contributed by atoms with E-state index in [4.69, 9.17) is 22.1 Å². The van der Waals surface area contributed by atoms with E-state index < -0.39 is 22.5 Å². The number of hydrogen-bond acceptors (Lipinski definition) is 7. The molecule has 1 saturated heterocycles. The number of ether oxygens (including phenoxy) is 1. The highest BCUT2D eigenvalue weighted by atomic mass is 35.5. The molecule has 2 heterocycles. The first-order valence-corrected chi connectivity index (χ1v) is 13.4. The van der Waals surface area contributed by atoms with Crippen molar-refractivity contribution >= 4 is 23.3 Å². The van der Waals surface area contributed by atoms with Crippen molar-refractivity contribution in [1.29, 1.82) is 5.26 Å². The van der Waals surface area contributed by atoms with Crippen molar-refractivity contribution in [3.05, 3.63) is 41.6 Å². The molecule has 4 aliphatic rings. The lowest BCUT2D eigenvalue weighted by Gasteiger charge is -2.52. The maximum Gasteiger partial charge on any atom is 0.269 e. The maximum atomic E-state index is 12.5. The smallest absolute Gasteiger partial charge is 0.269 e. The number of aliphatic hydroxyl groups excluding tert-OH is 1. The predicted molar refractivity (Wildman–Crippen MR) is 136 cm³/mol. The molecule has 1 aromatic rings. The van der Waals surface area contributed by atoms with Crippen molar-refractivity contribution in [3.63, 3.8) is 0 Å². The van der Waals surface area contributed by atoms with Gasteiger partial charge < -0.3 is 20.5 Å². The van der Waals surface area contributed by atoms with E-state index in [1.54, 1.807) is 24.3 Å². The number of aromatic nitrogens is 2. The van der Waals surface area contributed by atoms with Crippen LogP contribution >= 0.6 is 11.6 Å². The number of anilines is 1. The van der Waals surface area contributed by atoms with Crippen molar-refractivity contribution in [2.24, 2.45) is 17.1 Å². The van der Waals surface area contributed by atoms with E-state index >= 15 is 0 Å². The summed E-state index contributed by atoms with van der Waals surface area (Å²) < 4.78 is 6.72. The molecule has 1 aromatic heterocycles. The van der Waals surface area contributed by atoms with E-state index in [2.05, 4.69) is 21.2 Å². The fourth-order valence-electron chi connectivity index (χ4n) is 6.66. The van der Waals surface area contributed by atoms with Gasteiger partial charge in [-0.1, -0.05) is 37.5 Å². The van der Waals surface area contributed by atoms with Crippen LogP contribution in [0.2, 0.25) is 0 Å². The Morgan fingerprint density at radius 2 is 1.92 bits per heavy atom. The van der Waals surface area contributed by atoms with Crippen molar-refractivity contribution in [3.8, 4) is 6.07 Å². The third-order valence-corrected chi connectivity index (χ3v) is 9.17. The third-order valence-electron chi connectivity index (χ3n) is 8.70. The van der Waals surface area contributed by atoms with Crippen LogP contribution in [0.3, 0.4) is 0 Å². The van der Waals surface area contributed by atoms with Crippen LogP contribution in [-0.2, 0) is 10.3 Å². The summed E-state index contributed by atoms with van der Waals surface area (Å²) in [6.07, 6.45) is 15.4. The summed E-state index contributed by atoms with van der Waals surface area (Å²) in [5.74, 6) is 0.471. The minimum absolute atomic E-state index is 0.0912. The Morgan fingerprint density at radius 3 is 2.53 bits per heavy atom. The number of nitriles is 1. The molecular weight excluding hydrogens is 478 g/mol. The Hall–Kier alpha value is -2.47. The molecule has 1 spiro atoms. The van der Waals surface area contributed by atoms with Crippen LogP contribution in [0.1, 0.15) is 73.8 Å². The number of allylic oxidation sites excluding steroid dienone is 2. The topological polar surface area (TPSA) is 125 Å². The van der Waals surface area contributed by atoms with Crippen molar-refractivity contribution in [1.82, 2.24) is 10.2 Å².